The van der Waals surface area contributed by atoms with E-state index in [1.165, 1.54) is 16.9 Å². The molecule has 0 saturated heterocycles. The molecule has 0 bridgehead atoms. The highest BCUT2D eigenvalue weighted by Crippen LogP contribution is 2.17. The minimum absolute atomic E-state index is 0.0571. The molecule has 1 heterocycles. The highest BCUT2D eigenvalue weighted by atomic mass is 32.2. The fourth-order valence-electron chi connectivity index (χ4n) is 1.72. The molecule has 1 aromatic heterocycles. The molecule has 2 rings (SSSR count). The van der Waals surface area contributed by atoms with Crippen LogP contribution in [0.5, 0.6) is 0 Å². The standard InChI is InChI=1S/C15H16O2S2/c1-11(2)12-5-7-13(8-6-12)14(16)10-19(17)15-4-3-9-18-15/h3-9,11H,10H2,1-2H3. The normalized spacial score (nSPS) is 12.6. The average molecular weight is 292 g/mol. The smallest absolute Gasteiger partial charge is 0.175 e. The monoisotopic (exact) mass is 292 g/mol. The summed E-state index contributed by atoms with van der Waals surface area (Å²) in [4.78, 5) is 12.0. The lowest BCUT2D eigenvalue weighted by molar-refractivity contribution is 0.102. The Kier molecular flexibility index (Phi) is 4.66. The van der Waals surface area contributed by atoms with Gasteiger partial charge in [0.1, 0.15) is 0 Å². The van der Waals surface area contributed by atoms with Gasteiger partial charge in [0.2, 0.25) is 0 Å². The molecular weight excluding hydrogens is 276 g/mol. The van der Waals surface area contributed by atoms with Gasteiger partial charge in [-0.25, -0.2) is 0 Å². The topological polar surface area (TPSA) is 34.1 Å². The molecule has 1 atom stereocenters. The van der Waals surface area contributed by atoms with Crippen molar-refractivity contribution in [3.63, 3.8) is 0 Å². The Morgan fingerprint density at radius 3 is 2.42 bits per heavy atom. The van der Waals surface area contributed by atoms with Crippen molar-refractivity contribution >= 4 is 27.9 Å². The van der Waals surface area contributed by atoms with Crippen LogP contribution in [0.25, 0.3) is 0 Å². The van der Waals surface area contributed by atoms with Crippen LogP contribution in [-0.2, 0) is 10.8 Å². The van der Waals surface area contributed by atoms with Crippen LogP contribution in [0.4, 0.5) is 0 Å². The first-order valence-electron chi connectivity index (χ1n) is 6.13. The van der Waals surface area contributed by atoms with E-state index >= 15 is 0 Å². The zero-order valence-corrected chi connectivity index (χ0v) is 12.6. The molecule has 0 saturated carbocycles. The number of rotatable bonds is 5. The van der Waals surface area contributed by atoms with E-state index in [0.717, 1.165) is 4.21 Å². The van der Waals surface area contributed by atoms with E-state index in [1.807, 2.05) is 35.7 Å². The second-order valence-electron chi connectivity index (χ2n) is 4.62. The quantitative estimate of drug-likeness (QED) is 0.784. The molecule has 1 aromatic carbocycles. The van der Waals surface area contributed by atoms with Crippen molar-refractivity contribution in [3.8, 4) is 0 Å². The van der Waals surface area contributed by atoms with E-state index in [4.69, 9.17) is 0 Å². The van der Waals surface area contributed by atoms with E-state index in [1.54, 1.807) is 6.07 Å². The fourth-order valence-corrected chi connectivity index (χ4v) is 3.72. The van der Waals surface area contributed by atoms with E-state index in [2.05, 4.69) is 13.8 Å². The lowest BCUT2D eigenvalue weighted by Crippen LogP contribution is -2.10. The van der Waals surface area contributed by atoms with Crippen LogP contribution in [0.2, 0.25) is 0 Å². The summed E-state index contributed by atoms with van der Waals surface area (Å²) in [5, 5.41) is 1.87. The predicted molar refractivity (Wildman–Crippen MR) is 80.5 cm³/mol. The zero-order valence-electron chi connectivity index (χ0n) is 11.0. The lowest BCUT2D eigenvalue weighted by Gasteiger charge is -2.06. The van der Waals surface area contributed by atoms with E-state index in [0.29, 0.717) is 11.5 Å². The Morgan fingerprint density at radius 1 is 1.21 bits per heavy atom. The Morgan fingerprint density at radius 2 is 1.89 bits per heavy atom. The molecule has 0 N–H and O–H groups in total. The van der Waals surface area contributed by atoms with Crippen molar-refractivity contribution < 1.29 is 9.00 Å². The van der Waals surface area contributed by atoms with Crippen LogP contribution in [0, 0.1) is 0 Å². The number of carbonyl (C=O) groups excluding carboxylic acids is 1. The van der Waals surface area contributed by atoms with Gasteiger partial charge in [0.05, 0.1) is 20.8 Å². The van der Waals surface area contributed by atoms with E-state index < -0.39 is 10.8 Å². The second-order valence-corrected chi connectivity index (χ2v) is 7.25. The van der Waals surface area contributed by atoms with Gasteiger partial charge in [-0.15, -0.1) is 11.3 Å². The van der Waals surface area contributed by atoms with Gasteiger partial charge in [0.25, 0.3) is 0 Å². The zero-order chi connectivity index (χ0) is 13.8. The lowest BCUT2D eigenvalue weighted by atomic mass is 10.0. The van der Waals surface area contributed by atoms with Gasteiger partial charge >= 0.3 is 0 Å². The molecule has 2 aromatic rings. The van der Waals surface area contributed by atoms with Crippen LogP contribution in [0.3, 0.4) is 0 Å². The van der Waals surface area contributed by atoms with Gasteiger partial charge in [-0.1, -0.05) is 44.2 Å². The van der Waals surface area contributed by atoms with Crippen molar-refractivity contribution in [3.05, 3.63) is 52.9 Å². The number of thiophene rings is 1. The molecular formula is C15H16O2S2. The molecule has 2 nitrogen and oxygen atoms in total. The summed E-state index contributed by atoms with van der Waals surface area (Å²) >= 11 is 1.42. The maximum absolute atomic E-state index is 12.0. The van der Waals surface area contributed by atoms with Crippen LogP contribution in [0.1, 0.15) is 35.7 Å². The molecule has 0 fully saturated rings. The third-order valence-corrected chi connectivity index (χ3v) is 5.50. The Hall–Kier alpha value is -1.26. The van der Waals surface area contributed by atoms with Crippen LogP contribution in [-0.4, -0.2) is 15.7 Å². The largest absolute Gasteiger partial charge is 0.293 e. The van der Waals surface area contributed by atoms with Crippen LogP contribution >= 0.6 is 11.3 Å². The summed E-state index contributed by atoms with van der Waals surface area (Å²) in [6.07, 6.45) is 0. The van der Waals surface area contributed by atoms with Crippen molar-refractivity contribution in [2.75, 3.05) is 5.75 Å². The maximum atomic E-state index is 12.0. The number of benzene rings is 1. The molecule has 0 radical (unpaired) electrons. The highest BCUT2D eigenvalue weighted by Gasteiger charge is 2.13. The third kappa shape index (κ3) is 3.61. The molecule has 4 heteroatoms. The first-order valence-corrected chi connectivity index (χ1v) is 8.33. The number of hydrogen-bond acceptors (Lipinski definition) is 3. The van der Waals surface area contributed by atoms with Crippen molar-refractivity contribution in [2.45, 2.75) is 24.0 Å². The molecule has 0 aliphatic heterocycles. The minimum atomic E-state index is -1.23. The SMILES string of the molecule is CC(C)c1ccc(C(=O)CS(=O)c2cccs2)cc1. The van der Waals surface area contributed by atoms with Crippen molar-refractivity contribution in [2.24, 2.45) is 0 Å². The molecule has 0 amide bonds. The molecule has 0 aliphatic rings. The summed E-state index contributed by atoms with van der Waals surface area (Å²) in [5.41, 5.74) is 1.84. The summed E-state index contributed by atoms with van der Waals surface area (Å²) in [6.45, 7) is 4.23. The number of Topliss-reactive ketones (excluding diaryl/α,β-unsaturated/α-hetero) is 1. The third-order valence-electron chi connectivity index (χ3n) is 2.88. The van der Waals surface area contributed by atoms with Gasteiger partial charge in [-0.3, -0.25) is 9.00 Å². The minimum Gasteiger partial charge on any atom is -0.293 e. The Balaban J connectivity index is 2.06. The van der Waals surface area contributed by atoms with E-state index in [-0.39, 0.29) is 11.5 Å². The Labute approximate surface area is 119 Å². The van der Waals surface area contributed by atoms with Gasteiger partial charge in [0, 0.05) is 5.56 Å². The first kappa shape index (κ1) is 14.2. The summed E-state index contributed by atoms with van der Waals surface area (Å²) in [6, 6.07) is 11.2. The first-order chi connectivity index (χ1) is 9.08. The van der Waals surface area contributed by atoms with Gasteiger partial charge in [-0.2, -0.15) is 0 Å². The predicted octanol–water partition coefficient (Wildman–Crippen LogP) is 3.86. The van der Waals surface area contributed by atoms with Gasteiger partial charge in [0.15, 0.2) is 5.78 Å². The van der Waals surface area contributed by atoms with Crippen molar-refractivity contribution in [1.82, 2.24) is 0 Å². The van der Waals surface area contributed by atoms with Crippen LogP contribution < -0.4 is 0 Å². The Bertz CT molecular complexity index is 569. The summed E-state index contributed by atoms with van der Waals surface area (Å²) < 4.78 is 12.7. The van der Waals surface area contributed by atoms with Crippen molar-refractivity contribution in [1.29, 1.82) is 0 Å². The molecule has 0 spiro atoms. The number of hydrogen-bond donors (Lipinski definition) is 0. The fraction of sp³-hybridized carbons (Fsp3) is 0.267. The second kappa shape index (κ2) is 6.26. The number of ketones is 1. The molecule has 100 valence electrons. The summed E-state index contributed by atoms with van der Waals surface area (Å²) in [7, 11) is -1.23. The average Bonchev–Trinajstić information content (AvgIpc) is 2.92. The molecule has 0 aliphatic carbocycles. The number of carbonyl (C=O) groups is 1. The maximum Gasteiger partial charge on any atom is 0.175 e. The highest BCUT2D eigenvalue weighted by molar-refractivity contribution is 7.88. The van der Waals surface area contributed by atoms with Gasteiger partial charge in [-0.05, 0) is 22.9 Å². The molecule has 1 unspecified atom stereocenters. The molecule has 19 heavy (non-hydrogen) atoms. The van der Waals surface area contributed by atoms with E-state index in [9.17, 15) is 9.00 Å². The van der Waals surface area contributed by atoms with Gasteiger partial charge < -0.3 is 0 Å². The summed E-state index contributed by atoms with van der Waals surface area (Å²) in [5.74, 6) is 0.438. The van der Waals surface area contributed by atoms with Crippen LogP contribution in [0.15, 0.2) is 46.0 Å².